The summed E-state index contributed by atoms with van der Waals surface area (Å²) >= 11 is 0. The van der Waals surface area contributed by atoms with Crippen molar-refractivity contribution in [2.45, 2.75) is 34.1 Å². The standard InChI is InChI=1S/C20H29N3O3/c1-5-23(6-2)13-7-12-21-20(26)15(3)14-19(25)22-18-10-8-17(9-11-18)16(4)24/h8-11,14H,5-7,12-13H2,1-4H3,(H,21,26)(H,22,25)/b15-14+. The van der Waals surface area contributed by atoms with Gasteiger partial charge in [-0.25, -0.2) is 0 Å². The molecule has 0 heterocycles. The maximum absolute atomic E-state index is 12.0. The summed E-state index contributed by atoms with van der Waals surface area (Å²) in [6.45, 7) is 10.8. The highest BCUT2D eigenvalue weighted by molar-refractivity contribution is 6.06. The predicted molar refractivity (Wildman–Crippen MR) is 104 cm³/mol. The molecule has 1 aromatic carbocycles. The third kappa shape index (κ3) is 7.61. The number of benzene rings is 1. The third-order valence-corrected chi connectivity index (χ3v) is 4.10. The van der Waals surface area contributed by atoms with Gasteiger partial charge in [0.1, 0.15) is 0 Å². The quantitative estimate of drug-likeness (QED) is 0.382. The van der Waals surface area contributed by atoms with Gasteiger partial charge < -0.3 is 15.5 Å². The predicted octanol–water partition coefficient (Wildman–Crippen LogP) is 2.62. The first-order valence-electron chi connectivity index (χ1n) is 8.98. The molecule has 0 spiro atoms. The number of nitrogens with one attached hydrogen (secondary N) is 2. The van der Waals surface area contributed by atoms with E-state index in [4.69, 9.17) is 0 Å². The highest BCUT2D eigenvalue weighted by Gasteiger charge is 2.07. The van der Waals surface area contributed by atoms with E-state index in [1.807, 2.05) is 0 Å². The highest BCUT2D eigenvalue weighted by Crippen LogP contribution is 2.10. The first-order chi connectivity index (χ1) is 12.4. The lowest BCUT2D eigenvalue weighted by molar-refractivity contribution is -0.118. The summed E-state index contributed by atoms with van der Waals surface area (Å²) in [7, 11) is 0. The Labute approximate surface area is 155 Å². The van der Waals surface area contributed by atoms with Crippen molar-refractivity contribution >= 4 is 23.3 Å². The van der Waals surface area contributed by atoms with E-state index in [0.717, 1.165) is 26.1 Å². The van der Waals surface area contributed by atoms with Crippen LogP contribution in [-0.2, 0) is 9.59 Å². The van der Waals surface area contributed by atoms with Crippen molar-refractivity contribution < 1.29 is 14.4 Å². The number of carbonyl (C=O) groups excluding carboxylic acids is 3. The Kier molecular flexibility index (Phi) is 9.30. The number of nitrogens with zero attached hydrogens (tertiary/aromatic N) is 1. The lowest BCUT2D eigenvalue weighted by Crippen LogP contribution is -2.30. The molecule has 0 aliphatic carbocycles. The summed E-state index contributed by atoms with van der Waals surface area (Å²) in [5.74, 6) is -0.653. The molecule has 2 N–H and O–H groups in total. The number of amides is 2. The van der Waals surface area contributed by atoms with Crippen LogP contribution in [0.1, 0.15) is 44.5 Å². The molecule has 0 fully saturated rings. The van der Waals surface area contributed by atoms with Crippen LogP contribution in [0.3, 0.4) is 0 Å². The number of Topliss-reactive ketones (excluding diaryl/α,β-unsaturated/α-hetero) is 1. The van der Waals surface area contributed by atoms with Crippen molar-refractivity contribution in [1.29, 1.82) is 0 Å². The lowest BCUT2D eigenvalue weighted by Gasteiger charge is -2.17. The number of carbonyl (C=O) groups is 3. The van der Waals surface area contributed by atoms with Gasteiger partial charge in [0.2, 0.25) is 11.8 Å². The van der Waals surface area contributed by atoms with Crippen molar-refractivity contribution in [3.05, 3.63) is 41.5 Å². The van der Waals surface area contributed by atoms with Gasteiger partial charge in [-0.2, -0.15) is 0 Å². The van der Waals surface area contributed by atoms with E-state index >= 15 is 0 Å². The zero-order valence-electron chi connectivity index (χ0n) is 16.1. The SMILES string of the molecule is CCN(CC)CCCNC(=O)/C(C)=C/C(=O)Nc1ccc(C(C)=O)cc1. The zero-order chi connectivity index (χ0) is 19.5. The van der Waals surface area contributed by atoms with E-state index in [-0.39, 0.29) is 17.6 Å². The summed E-state index contributed by atoms with van der Waals surface area (Å²) in [6.07, 6.45) is 2.15. The Morgan fingerprint density at radius 3 is 2.19 bits per heavy atom. The van der Waals surface area contributed by atoms with Crippen molar-refractivity contribution in [3.8, 4) is 0 Å². The maximum Gasteiger partial charge on any atom is 0.248 e. The largest absolute Gasteiger partial charge is 0.352 e. The van der Waals surface area contributed by atoms with Crippen molar-refractivity contribution in [1.82, 2.24) is 10.2 Å². The average Bonchev–Trinajstić information content (AvgIpc) is 2.61. The van der Waals surface area contributed by atoms with Crippen LogP contribution >= 0.6 is 0 Å². The maximum atomic E-state index is 12.0. The number of anilines is 1. The second kappa shape index (κ2) is 11.2. The molecule has 0 bridgehead atoms. The van der Waals surface area contributed by atoms with Crippen molar-refractivity contribution in [3.63, 3.8) is 0 Å². The fraction of sp³-hybridized carbons (Fsp3) is 0.450. The van der Waals surface area contributed by atoms with Gasteiger partial charge in [-0.15, -0.1) is 0 Å². The number of ketones is 1. The van der Waals surface area contributed by atoms with Gasteiger partial charge in [0.25, 0.3) is 0 Å². The topological polar surface area (TPSA) is 78.5 Å². The van der Waals surface area contributed by atoms with Crippen molar-refractivity contribution in [2.75, 3.05) is 31.5 Å². The molecule has 0 saturated heterocycles. The second-order valence-corrected chi connectivity index (χ2v) is 6.09. The third-order valence-electron chi connectivity index (χ3n) is 4.10. The summed E-state index contributed by atoms with van der Waals surface area (Å²) in [5, 5.41) is 5.50. The molecule has 0 aliphatic rings. The molecule has 142 valence electrons. The first kappa shape index (κ1) is 21.6. The molecule has 0 aliphatic heterocycles. The fourth-order valence-corrected chi connectivity index (χ4v) is 2.41. The summed E-state index contributed by atoms with van der Waals surface area (Å²) in [6, 6.07) is 6.62. The minimum Gasteiger partial charge on any atom is -0.352 e. The number of hydrogen-bond acceptors (Lipinski definition) is 4. The highest BCUT2D eigenvalue weighted by atomic mass is 16.2. The summed E-state index contributed by atoms with van der Waals surface area (Å²) in [5.41, 5.74) is 1.51. The molecule has 0 atom stereocenters. The van der Waals surface area contributed by atoms with Gasteiger partial charge in [0.05, 0.1) is 0 Å². The van der Waals surface area contributed by atoms with Crippen LogP contribution in [0.25, 0.3) is 0 Å². The number of hydrogen-bond donors (Lipinski definition) is 2. The van der Waals surface area contributed by atoms with Crippen LogP contribution < -0.4 is 10.6 Å². The molecule has 26 heavy (non-hydrogen) atoms. The molecule has 2 amide bonds. The van der Waals surface area contributed by atoms with Crippen LogP contribution in [0.4, 0.5) is 5.69 Å². The molecule has 0 unspecified atom stereocenters. The van der Waals surface area contributed by atoms with Gasteiger partial charge in [-0.1, -0.05) is 13.8 Å². The lowest BCUT2D eigenvalue weighted by atomic mass is 10.1. The molecule has 0 saturated carbocycles. The van der Waals surface area contributed by atoms with Crippen LogP contribution in [-0.4, -0.2) is 48.7 Å². The van der Waals surface area contributed by atoms with Gasteiger partial charge in [-0.3, -0.25) is 14.4 Å². The Hall–Kier alpha value is -2.47. The van der Waals surface area contributed by atoms with Gasteiger partial charge in [0, 0.05) is 29.4 Å². The van der Waals surface area contributed by atoms with Gasteiger partial charge in [0.15, 0.2) is 5.78 Å². The van der Waals surface area contributed by atoms with Crippen LogP contribution in [0.15, 0.2) is 35.9 Å². The first-order valence-corrected chi connectivity index (χ1v) is 8.98. The molecule has 0 radical (unpaired) electrons. The Bertz CT molecular complexity index is 647. The molecular weight excluding hydrogens is 330 g/mol. The number of rotatable bonds is 10. The van der Waals surface area contributed by atoms with E-state index in [9.17, 15) is 14.4 Å². The molecule has 6 nitrogen and oxygen atoms in total. The average molecular weight is 359 g/mol. The van der Waals surface area contributed by atoms with E-state index < -0.39 is 0 Å². The van der Waals surface area contributed by atoms with Crippen LogP contribution in [0.2, 0.25) is 0 Å². The minimum atomic E-state index is -0.378. The summed E-state index contributed by atoms with van der Waals surface area (Å²) in [4.78, 5) is 37.6. The normalized spacial score (nSPS) is 11.3. The zero-order valence-corrected chi connectivity index (χ0v) is 16.1. The Morgan fingerprint density at radius 1 is 1.04 bits per heavy atom. The van der Waals surface area contributed by atoms with E-state index in [0.29, 0.717) is 23.4 Å². The molecule has 6 heteroatoms. The van der Waals surface area contributed by atoms with Gasteiger partial charge >= 0.3 is 0 Å². The molecule has 1 rings (SSSR count). The molecule has 0 aromatic heterocycles. The van der Waals surface area contributed by atoms with Gasteiger partial charge in [-0.05, 0) is 64.2 Å². The van der Waals surface area contributed by atoms with E-state index in [2.05, 4.69) is 29.4 Å². The van der Waals surface area contributed by atoms with E-state index in [1.54, 1.807) is 31.2 Å². The second-order valence-electron chi connectivity index (χ2n) is 6.09. The van der Waals surface area contributed by atoms with Crippen LogP contribution in [0, 0.1) is 0 Å². The smallest absolute Gasteiger partial charge is 0.248 e. The monoisotopic (exact) mass is 359 g/mol. The van der Waals surface area contributed by atoms with Crippen molar-refractivity contribution in [2.24, 2.45) is 0 Å². The van der Waals surface area contributed by atoms with Crippen LogP contribution in [0.5, 0.6) is 0 Å². The Morgan fingerprint density at radius 2 is 1.65 bits per heavy atom. The minimum absolute atomic E-state index is 0.0312. The van der Waals surface area contributed by atoms with E-state index in [1.165, 1.54) is 13.0 Å². The fourth-order valence-electron chi connectivity index (χ4n) is 2.41. The molecular formula is C20H29N3O3. The summed E-state index contributed by atoms with van der Waals surface area (Å²) < 4.78 is 0. The molecule has 1 aromatic rings. The Balaban J connectivity index is 2.45.